The molecule has 8 atom stereocenters. The largest absolute Gasteiger partial charge is 0.489 e. The number of benzene rings is 4. The molecule has 0 bridgehead atoms. The van der Waals surface area contributed by atoms with Gasteiger partial charge in [-0.25, -0.2) is 9.59 Å². The molecule has 1 N–H and O–H groups in total. The third-order valence-electron chi connectivity index (χ3n) is 15.5. The first-order valence-electron chi connectivity index (χ1n) is 28.5. The van der Waals surface area contributed by atoms with Crippen molar-refractivity contribution in [2.45, 2.75) is 139 Å². The van der Waals surface area contributed by atoms with E-state index in [9.17, 15) is 14.7 Å². The smallest absolute Gasteiger partial charge is 0.338 e. The molecule has 458 valence electrons. The van der Waals surface area contributed by atoms with Gasteiger partial charge in [0.15, 0.2) is 12.2 Å². The Hall–Kier alpha value is -5.86. The second-order valence-electron chi connectivity index (χ2n) is 22.4. The van der Waals surface area contributed by atoms with Crippen molar-refractivity contribution in [3.8, 4) is 44.4 Å². The van der Waals surface area contributed by atoms with Gasteiger partial charge in [0.2, 0.25) is 0 Å². The van der Waals surface area contributed by atoms with Gasteiger partial charge in [-0.2, -0.15) is 9.97 Å². The van der Waals surface area contributed by atoms with Gasteiger partial charge in [-0.3, -0.25) is 0 Å². The molecule has 4 aromatic heterocycles. The van der Waals surface area contributed by atoms with E-state index in [2.05, 4.69) is 20.3 Å². The van der Waals surface area contributed by atoms with Crippen molar-refractivity contribution in [1.82, 2.24) is 20.3 Å². The zero-order chi connectivity index (χ0) is 60.4. The number of ether oxygens (including phenoxy) is 11. The number of carbonyl (C=O) groups is 2. The van der Waals surface area contributed by atoms with Crippen LogP contribution in [-0.2, 0) is 46.4 Å². The predicted molar refractivity (Wildman–Crippen MR) is 322 cm³/mol. The maximum atomic E-state index is 12.3. The molecule has 4 aliphatic heterocycles. The summed E-state index contributed by atoms with van der Waals surface area (Å²) < 4.78 is 79.5. The lowest BCUT2D eigenvalue weighted by Crippen LogP contribution is -2.35. The number of nitrogens with zero attached hydrogens (tertiary/aromatic N) is 4. The molecule has 8 aromatic rings. The van der Waals surface area contributed by atoms with E-state index < -0.39 is 18.0 Å². The van der Waals surface area contributed by atoms with E-state index in [0.717, 1.165) is 53.0 Å². The van der Waals surface area contributed by atoms with Gasteiger partial charge in [0.05, 0.1) is 99.6 Å². The highest BCUT2D eigenvalue weighted by molar-refractivity contribution is 7.20. The highest BCUT2D eigenvalue weighted by Crippen LogP contribution is 2.49. The van der Waals surface area contributed by atoms with Crippen molar-refractivity contribution in [3.63, 3.8) is 0 Å². The van der Waals surface area contributed by atoms with E-state index in [0.29, 0.717) is 124 Å². The van der Waals surface area contributed by atoms with Crippen molar-refractivity contribution in [3.05, 3.63) is 115 Å². The third-order valence-corrected chi connectivity index (χ3v) is 18.6. The summed E-state index contributed by atoms with van der Waals surface area (Å²) >= 11 is 28.6. The van der Waals surface area contributed by atoms with Gasteiger partial charge in [0, 0.05) is 34.1 Å². The Morgan fingerprint density at radius 3 is 1.37 bits per heavy atom. The second kappa shape index (κ2) is 25.2. The number of carbonyl (C=O) groups excluding carboxylic acids is 1. The molecule has 4 aromatic carbocycles. The molecular weight excluding hydrogens is 1250 g/mol. The number of halogens is 4. The molecule has 14 rings (SSSR count). The maximum absolute atomic E-state index is 12.3. The number of esters is 1. The Labute approximate surface area is 526 Å². The van der Waals surface area contributed by atoms with Gasteiger partial charge in [0.1, 0.15) is 82.1 Å². The normalized spacial score (nSPS) is 23.1. The summed E-state index contributed by atoms with van der Waals surface area (Å²) in [4.78, 5) is 33.2. The molecule has 20 nitrogen and oxygen atoms in total. The molecule has 6 aliphatic rings. The monoisotopic (exact) mass is 1310 g/mol. The van der Waals surface area contributed by atoms with Gasteiger partial charge < -0.3 is 66.3 Å². The van der Waals surface area contributed by atoms with E-state index in [-0.39, 0.29) is 73.7 Å². The van der Waals surface area contributed by atoms with E-state index >= 15 is 0 Å². The van der Waals surface area contributed by atoms with Crippen LogP contribution in [0, 0.1) is 0 Å². The number of thiazole rings is 2. The highest BCUT2D eigenvalue weighted by Gasteiger charge is 2.52. The van der Waals surface area contributed by atoms with Crippen molar-refractivity contribution >= 4 is 101 Å². The standard InChI is InChI=1S/C31H30Cl2N2O8S.C30H28Cl2N2O8S/c1-14(2)41-20-9-16(30(36)37-3)10-23-26(20)34-31(44-23)42-22-13-40-28-21(12-39-29(22)28)38-11-17-25(35-43-27(17)15-7-8-15)24-18(32)5-4-6-19(24)33;1-13(2)40-19-8-15(29(35)36)9-22-25(19)33-30(43-22)41-21-12-39-27-20(11-38-28(21)27)37-10-16-24(34-42-26(16)14-6-7-14)23-17(31)4-3-5-18(23)32/h4-6,9-10,14-15,21-22,28-29H,7-8,11-13H2,1-3H3;3-5,8-9,13-14,20-21,27-28H,6-7,10-12H2,1-2H3,(H,35,36)/t21-,22+,28-,29-;20-,21+,27-,28-/m11/s1. The number of fused-ring (bicyclic) bond motifs is 4. The van der Waals surface area contributed by atoms with Crippen LogP contribution in [0.3, 0.4) is 0 Å². The van der Waals surface area contributed by atoms with E-state index in [4.69, 9.17) is 108 Å². The fourth-order valence-electron chi connectivity index (χ4n) is 11.2. The first-order valence-corrected chi connectivity index (χ1v) is 31.6. The number of rotatable bonds is 20. The average Bonchev–Trinajstić information content (AvgIpc) is 3.54. The fourth-order valence-corrected chi connectivity index (χ4v) is 14.2. The highest BCUT2D eigenvalue weighted by atomic mass is 35.5. The van der Waals surface area contributed by atoms with Crippen LogP contribution in [0.5, 0.6) is 21.9 Å². The third kappa shape index (κ3) is 12.5. The van der Waals surface area contributed by atoms with Gasteiger partial charge in [-0.05, 0) is 102 Å². The molecule has 0 unspecified atom stereocenters. The molecule has 26 heteroatoms. The van der Waals surface area contributed by atoms with Gasteiger partial charge in [-0.15, -0.1) is 0 Å². The quantitative estimate of drug-likeness (QED) is 0.0698. The van der Waals surface area contributed by atoms with Crippen LogP contribution < -0.4 is 18.9 Å². The molecule has 8 heterocycles. The number of carboxylic acid groups (broad SMARTS) is 1. The van der Waals surface area contributed by atoms with E-state index in [1.807, 2.05) is 27.7 Å². The molecule has 0 radical (unpaired) electrons. The summed E-state index contributed by atoms with van der Waals surface area (Å²) in [5.41, 5.74) is 5.79. The second-order valence-corrected chi connectivity index (χ2v) is 26.0. The van der Waals surface area contributed by atoms with Crippen LogP contribution in [0.1, 0.15) is 109 Å². The minimum Gasteiger partial charge on any atom is -0.489 e. The Bertz CT molecular complexity index is 3840. The zero-order valence-electron chi connectivity index (χ0n) is 47.5. The average molecular weight is 1310 g/mol. The predicted octanol–water partition coefficient (Wildman–Crippen LogP) is 13.6. The summed E-state index contributed by atoms with van der Waals surface area (Å²) in [6.07, 6.45) is 1.06. The summed E-state index contributed by atoms with van der Waals surface area (Å²) in [6.45, 7) is 9.33. The van der Waals surface area contributed by atoms with Crippen LogP contribution in [0.2, 0.25) is 20.1 Å². The minimum absolute atomic E-state index is 0.110. The SMILES string of the molecule is CC(C)Oc1cc(C(=O)O)cc2sc(O[C@H]3CO[C@H]4[C@@H]3OC[C@H]4OCc3c(-c4c(Cl)cccc4Cl)noc3C3CC3)nc12.COC(=O)c1cc(OC(C)C)c2nc(O[C@H]3CO[C@H]4[C@@H]3OC[C@H]4OCc3c(-c4c(Cl)cccc4Cl)noc3C3CC3)sc2c1. The summed E-state index contributed by atoms with van der Waals surface area (Å²) in [5.74, 6) is 1.64. The Kier molecular flexibility index (Phi) is 17.4. The molecule has 6 fully saturated rings. The number of hydrogen-bond donors (Lipinski definition) is 1. The number of aromatic nitrogens is 4. The minimum atomic E-state index is -1.04. The number of carboxylic acids is 1. The van der Waals surface area contributed by atoms with E-state index in [1.165, 1.54) is 35.8 Å². The van der Waals surface area contributed by atoms with Gasteiger partial charge in [0.25, 0.3) is 10.4 Å². The lowest BCUT2D eigenvalue weighted by atomic mass is 10.0. The lowest BCUT2D eigenvalue weighted by Gasteiger charge is -2.17. The van der Waals surface area contributed by atoms with Crippen LogP contribution in [0.25, 0.3) is 42.9 Å². The van der Waals surface area contributed by atoms with Crippen LogP contribution in [0.15, 0.2) is 69.7 Å². The topological polar surface area (TPSA) is 234 Å². The van der Waals surface area contributed by atoms with Crippen LogP contribution in [0.4, 0.5) is 0 Å². The Balaban J connectivity index is 0.000000161. The Morgan fingerprint density at radius 2 is 0.977 bits per heavy atom. The maximum Gasteiger partial charge on any atom is 0.338 e. The lowest BCUT2D eigenvalue weighted by molar-refractivity contribution is -0.0428. The van der Waals surface area contributed by atoms with Crippen LogP contribution >= 0.6 is 69.1 Å². The van der Waals surface area contributed by atoms with E-state index in [1.54, 1.807) is 54.6 Å². The molecule has 4 saturated heterocycles. The molecular formula is C61H58Cl4N4O16S2. The van der Waals surface area contributed by atoms with Crippen molar-refractivity contribution in [1.29, 1.82) is 0 Å². The van der Waals surface area contributed by atoms with Crippen LogP contribution in [-0.4, -0.2) is 132 Å². The van der Waals surface area contributed by atoms with Crippen molar-refractivity contribution in [2.75, 3.05) is 33.5 Å². The molecule has 0 amide bonds. The first kappa shape index (κ1) is 60.1. The molecule has 2 saturated carbocycles. The number of aromatic carboxylic acids is 1. The molecule has 87 heavy (non-hydrogen) atoms. The Morgan fingerprint density at radius 1 is 0.586 bits per heavy atom. The molecule has 0 spiro atoms. The summed E-state index contributed by atoms with van der Waals surface area (Å²) in [6, 6.07) is 17.1. The summed E-state index contributed by atoms with van der Waals surface area (Å²) in [7, 11) is 1.34. The van der Waals surface area contributed by atoms with Gasteiger partial charge >= 0.3 is 11.9 Å². The zero-order valence-corrected chi connectivity index (χ0v) is 52.1. The van der Waals surface area contributed by atoms with Crippen molar-refractivity contribution in [2.24, 2.45) is 0 Å². The summed E-state index contributed by atoms with van der Waals surface area (Å²) in [5, 5.41) is 21.0. The molecule has 2 aliphatic carbocycles. The van der Waals surface area contributed by atoms with Gasteiger partial charge in [-0.1, -0.05) is 91.5 Å². The van der Waals surface area contributed by atoms with Crippen molar-refractivity contribution < 1.29 is 75.8 Å². The first-order chi connectivity index (χ1) is 42.1. The number of hydrogen-bond acceptors (Lipinski definition) is 21. The fraction of sp³-hybridized carbons (Fsp3) is 0.443. The number of methoxy groups -OCH3 is 1.